The molecule has 1 N–H and O–H groups in total. The molecule has 1 saturated heterocycles. The highest BCUT2D eigenvalue weighted by Gasteiger charge is 2.37. The molecule has 0 unspecified atom stereocenters. The average molecular weight is 420 g/mol. The van der Waals surface area contributed by atoms with Crippen molar-refractivity contribution in [3.63, 3.8) is 0 Å². The number of methoxy groups -OCH3 is 1. The molecule has 7 nitrogen and oxygen atoms in total. The number of para-hydroxylation sites is 1. The zero-order valence-electron chi connectivity index (χ0n) is 17.9. The van der Waals surface area contributed by atoms with Crippen molar-refractivity contribution in [2.75, 3.05) is 32.1 Å². The molecule has 3 atom stereocenters. The molecular formula is C24H29N5O2. The van der Waals surface area contributed by atoms with E-state index in [2.05, 4.69) is 46.6 Å². The normalized spacial score (nSPS) is 26.4. The number of ether oxygens (including phenoxy) is 2. The molecule has 2 aliphatic heterocycles. The molecule has 2 fully saturated rings. The van der Waals surface area contributed by atoms with Crippen LogP contribution < -0.4 is 10.1 Å². The summed E-state index contributed by atoms with van der Waals surface area (Å²) in [6.45, 7) is 2.67. The van der Waals surface area contributed by atoms with Gasteiger partial charge in [-0.15, -0.1) is 0 Å². The summed E-state index contributed by atoms with van der Waals surface area (Å²) < 4.78 is 11.9. The van der Waals surface area contributed by atoms with Gasteiger partial charge in [0.05, 0.1) is 29.9 Å². The molecule has 3 aliphatic rings. The maximum atomic E-state index is 6.20. The zero-order chi connectivity index (χ0) is 20.8. The number of anilines is 1. The highest BCUT2D eigenvalue weighted by molar-refractivity contribution is 5.87. The number of nitrogens with zero attached hydrogens (tertiary/aromatic N) is 4. The fourth-order valence-electron chi connectivity index (χ4n) is 5.00. The van der Waals surface area contributed by atoms with Crippen LogP contribution in [0.25, 0.3) is 11.0 Å². The van der Waals surface area contributed by atoms with Gasteiger partial charge in [-0.25, -0.2) is 0 Å². The van der Waals surface area contributed by atoms with E-state index in [-0.39, 0.29) is 18.2 Å². The Kier molecular flexibility index (Phi) is 4.80. The second-order valence-electron chi connectivity index (χ2n) is 8.96. The van der Waals surface area contributed by atoms with Crippen LogP contribution in [0.4, 0.5) is 5.69 Å². The van der Waals surface area contributed by atoms with Gasteiger partial charge in [0, 0.05) is 19.2 Å². The molecule has 162 valence electrons. The van der Waals surface area contributed by atoms with Gasteiger partial charge in [-0.3, -0.25) is 4.90 Å². The minimum atomic E-state index is 0.109. The summed E-state index contributed by atoms with van der Waals surface area (Å²) in [6, 6.07) is 15.4. The first-order chi connectivity index (χ1) is 15.3. The molecule has 0 amide bonds. The van der Waals surface area contributed by atoms with Crippen LogP contribution >= 0.6 is 0 Å². The molecule has 31 heavy (non-hydrogen) atoms. The Morgan fingerprint density at radius 3 is 2.84 bits per heavy atom. The van der Waals surface area contributed by atoms with Gasteiger partial charge in [0.15, 0.2) is 0 Å². The topological polar surface area (TPSA) is 64.4 Å². The van der Waals surface area contributed by atoms with Crippen molar-refractivity contribution in [1.29, 1.82) is 0 Å². The first kappa shape index (κ1) is 19.1. The maximum absolute atomic E-state index is 6.20. The van der Waals surface area contributed by atoms with Crippen LogP contribution in [0.1, 0.15) is 43.3 Å². The van der Waals surface area contributed by atoms with Gasteiger partial charge in [0.2, 0.25) is 0 Å². The fourth-order valence-corrected chi connectivity index (χ4v) is 5.00. The summed E-state index contributed by atoms with van der Waals surface area (Å²) in [5.41, 5.74) is 4.14. The number of benzene rings is 2. The van der Waals surface area contributed by atoms with E-state index < -0.39 is 0 Å². The van der Waals surface area contributed by atoms with Crippen LogP contribution in [0, 0.1) is 0 Å². The highest BCUT2D eigenvalue weighted by Crippen LogP contribution is 2.39. The van der Waals surface area contributed by atoms with Crippen molar-refractivity contribution in [2.45, 2.75) is 49.9 Å². The number of fused-ring (bicyclic) bond motifs is 2. The van der Waals surface area contributed by atoms with E-state index in [1.807, 2.05) is 18.0 Å². The molecular weight excluding hydrogens is 390 g/mol. The summed E-state index contributed by atoms with van der Waals surface area (Å²) >= 11 is 0. The van der Waals surface area contributed by atoms with Crippen molar-refractivity contribution >= 4 is 16.7 Å². The molecule has 1 saturated carbocycles. The van der Waals surface area contributed by atoms with Crippen LogP contribution in [0.15, 0.2) is 42.5 Å². The van der Waals surface area contributed by atoms with E-state index in [1.54, 1.807) is 0 Å². The van der Waals surface area contributed by atoms with Crippen LogP contribution in [0.3, 0.4) is 0 Å². The SMILES string of the molecule is CO[C@H]1CCCN([C@H]2COc3ccccc3[C@@H]2Nc2cccc3nn(C4CC4)nc23)C1. The number of nitrogens with one attached hydrogen (secondary N) is 1. The van der Waals surface area contributed by atoms with E-state index in [0.29, 0.717) is 12.6 Å². The van der Waals surface area contributed by atoms with Crippen molar-refractivity contribution < 1.29 is 9.47 Å². The predicted molar refractivity (Wildman–Crippen MR) is 119 cm³/mol. The van der Waals surface area contributed by atoms with Crippen LogP contribution in [0.2, 0.25) is 0 Å². The van der Waals surface area contributed by atoms with Gasteiger partial charge in [-0.2, -0.15) is 15.0 Å². The highest BCUT2D eigenvalue weighted by atomic mass is 16.5. The number of aromatic nitrogens is 3. The van der Waals surface area contributed by atoms with Crippen molar-refractivity contribution in [3.05, 3.63) is 48.0 Å². The Morgan fingerprint density at radius 1 is 1.06 bits per heavy atom. The first-order valence-electron chi connectivity index (χ1n) is 11.4. The van der Waals surface area contributed by atoms with Crippen LogP contribution in [-0.2, 0) is 4.74 Å². The number of rotatable bonds is 5. The molecule has 1 aromatic heterocycles. The lowest BCUT2D eigenvalue weighted by molar-refractivity contribution is -0.00266. The van der Waals surface area contributed by atoms with Gasteiger partial charge in [0.25, 0.3) is 0 Å². The quantitative estimate of drug-likeness (QED) is 0.679. The first-order valence-corrected chi connectivity index (χ1v) is 11.4. The fraction of sp³-hybridized carbons (Fsp3) is 0.500. The maximum Gasteiger partial charge on any atom is 0.136 e. The van der Waals surface area contributed by atoms with Crippen LogP contribution in [-0.4, -0.2) is 58.8 Å². The Bertz CT molecular complexity index is 1080. The molecule has 7 heteroatoms. The number of piperidine rings is 1. The Hall–Kier alpha value is -2.64. The molecule has 0 spiro atoms. The third kappa shape index (κ3) is 3.55. The lowest BCUT2D eigenvalue weighted by Gasteiger charge is -2.44. The van der Waals surface area contributed by atoms with Crippen molar-refractivity contribution in [2.24, 2.45) is 0 Å². The van der Waals surface area contributed by atoms with Gasteiger partial charge >= 0.3 is 0 Å². The number of likely N-dealkylation sites (tertiary alicyclic amines) is 1. The lowest BCUT2D eigenvalue weighted by atomic mass is 9.92. The molecule has 0 bridgehead atoms. The third-order valence-electron chi connectivity index (χ3n) is 6.87. The molecule has 2 aromatic carbocycles. The summed E-state index contributed by atoms with van der Waals surface area (Å²) in [4.78, 5) is 4.44. The minimum Gasteiger partial charge on any atom is -0.491 e. The second-order valence-corrected chi connectivity index (χ2v) is 8.96. The zero-order valence-corrected chi connectivity index (χ0v) is 17.9. The number of hydrogen-bond acceptors (Lipinski definition) is 6. The van der Waals surface area contributed by atoms with Crippen molar-refractivity contribution in [1.82, 2.24) is 19.9 Å². The third-order valence-corrected chi connectivity index (χ3v) is 6.87. The lowest BCUT2D eigenvalue weighted by Crippen LogP contribution is -2.53. The molecule has 3 aromatic rings. The van der Waals surface area contributed by atoms with E-state index in [9.17, 15) is 0 Å². The molecule has 0 radical (unpaired) electrons. The average Bonchev–Trinajstić information content (AvgIpc) is 3.58. The van der Waals surface area contributed by atoms with Gasteiger partial charge in [-0.1, -0.05) is 24.3 Å². The van der Waals surface area contributed by atoms with Crippen LogP contribution in [0.5, 0.6) is 5.75 Å². The second kappa shape index (κ2) is 7.80. The summed E-state index contributed by atoms with van der Waals surface area (Å²) in [5.74, 6) is 0.963. The Morgan fingerprint density at radius 2 is 1.97 bits per heavy atom. The Labute approximate surface area is 182 Å². The predicted octanol–water partition coefficient (Wildman–Crippen LogP) is 3.79. The summed E-state index contributed by atoms with van der Waals surface area (Å²) in [5, 5.41) is 13.4. The van der Waals surface area contributed by atoms with Gasteiger partial charge in [-0.05, 0) is 50.4 Å². The van der Waals surface area contributed by atoms with E-state index in [1.165, 1.54) is 18.4 Å². The Balaban J connectivity index is 1.36. The summed E-state index contributed by atoms with van der Waals surface area (Å²) in [6.07, 6.45) is 4.91. The summed E-state index contributed by atoms with van der Waals surface area (Å²) in [7, 11) is 1.82. The molecule has 6 rings (SSSR count). The number of hydrogen-bond donors (Lipinski definition) is 1. The van der Waals surface area contributed by atoms with Crippen molar-refractivity contribution in [3.8, 4) is 5.75 Å². The smallest absolute Gasteiger partial charge is 0.136 e. The van der Waals surface area contributed by atoms with E-state index >= 15 is 0 Å². The van der Waals surface area contributed by atoms with E-state index in [0.717, 1.165) is 48.4 Å². The monoisotopic (exact) mass is 419 g/mol. The molecule has 1 aliphatic carbocycles. The largest absolute Gasteiger partial charge is 0.491 e. The molecule has 3 heterocycles. The minimum absolute atomic E-state index is 0.109. The standard InChI is InChI=1S/C24H29N5O2/c1-30-17-6-5-13-28(14-17)21-15-31-22-10-3-2-7-18(22)23(21)25-19-8-4-9-20-24(19)27-29(26-20)16-11-12-16/h2-4,7-10,16-17,21,23,25H,5-6,11-15H2,1H3/t17-,21-,23-/m0/s1. The van der Waals surface area contributed by atoms with Gasteiger partial charge in [0.1, 0.15) is 23.4 Å². The van der Waals surface area contributed by atoms with Gasteiger partial charge < -0.3 is 14.8 Å². The van der Waals surface area contributed by atoms with E-state index in [4.69, 9.17) is 19.7 Å².